The Hall–Kier alpha value is -2.75. The summed E-state index contributed by atoms with van der Waals surface area (Å²) in [6.45, 7) is 9.08. The molecule has 0 bridgehead atoms. The van der Waals surface area contributed by atoms with Gasteiger partial charge < -0.3 is 27.4 Å². The smallest absolute Gasteiger partial charge is 0.278 e. The van der Waals surface area contributed by atoms with Crippen LogP contribution in [0.3, 0.4) is 0 Å². The number of rotatable bonds is 4. The van der Waals surface area contributed by atoms with Gasteiger partial charge in [0.05, 0.1) is 17.8 Å². The summed E-state index contributed by atoms with van der Waals surface area (Å²) in [6, 6.07) is 0. The normalized spacial score (nSPS) is 18.5. The zero-order chi connectivity index (χ0) is 21.1. The van der Waals surface area contributed by atoms with Crippen molar-refractivity contribution in [1.29, 1.82) is 0 Å². The molecule has 2 aliphatic rings. The van der Waals surface area contributed by atoms with Crippen LogP contribution in [0.4, 0.5) is 0 Å². The van der Waals surface area contributed by atoms with Crippen LogP contribution < -0.4 is 27.8 Å². The third kappa shape index (κ3) is 4.94. The Morgan fingerprint density at radius 3 is 2.43 bits per heavy atom. The molecule has 0 atom stereocenters. The molecule has 8 N–H and O–H groups in total. The highest BCUT2D eigenvalue weighted by Gasteiger charge is 2.40. The van der Waals surface area contributed by atoms with Crippen LogP contribution in [0, 0.1) is 5.92 Å². The quantitative estimate of drug-likeness (QED) is 0.303. The van der Waals surface area contributed by atoms with Gasteiger partial charge in [-0.25, -0.2) is 4.99 Å². The maximum Gasteiger partial charge on any atom is 0.278 e. The first-order chi connectivity index (χ1) is 13.0. The molecule has 10 nitrogen and oxygen atoms in total. The summed E-state index contributed by atoms with van der Waals surface area (Å²) in [5.74, 6) is -0.451. The number of carbonyl (C=O) groups is 2. The zero-order valence-corrected chi connectivity index (χ0v) is 16.8. The second-order valence-electron chi connectivity index (χ2n) is 7.24. The third-order valence-corrected chi connectivity index (χ3v) is 4.95. The molecule has 0 aromatic rings. The van der Waals surface area contributed by atoms with Gasteiger partial charge in [0.15, 0.2) is 16.8 Å². The lowest BCUT2D eigenvalue weighted by atomic mass is 9.88. The van der Waals surface area contributed by atoms with Crippen LogP contribution in [-0.2, 0) is 9.59 Å². The number of hydrogen-bond acceptors (Lipinski definition) is 8. The lowest BCUT2D eigenvalue weighted by molar-refractivity contribution is -0.136. The van der Waals surface area contributed by atoms with Gasteiger partial charge in [0.1, 0.15) is 5.82 Å². The van der Waals surface area contributed by atoms with Crippen LogP contribution in [0.15, 0.2) is 33.2 Å². The number of guanidine groups is 1. The molecule has 0 saturated carbocycles. The van der Waals surface area contributed by atoms with Crippen molar-refractivity contribution in [3.05, 3.63) is 23.3 Å². The first kappa shape index (κ1) is 21.5. The minimum absolute atomic E-state index is 0.0258. The SMILES string of the molecule is C=C(N)C(=NC(Cl)=C(N)N)C(=O)NC1=NCC2(CCN(C(=O)C(C)C)CC2)N1. The van der Waals surface area contributed by atoms with Crippen molar-refractivity contribution >= 4 is 35.1 Å². The van der Waals surface area contributed by atoms with Gasteiger partial charge in [-0.2, -0.15) is 0 Å². The minimum atomic E-state index is -0.636. The van der Waals surface area contributed by atoms with Gasteiger partial charge in [-0.15, -0.1) is 0 Å². The molecule has 2 aliphatic heterocycles. The number of nitrogens with zero attached hydrogens (tertiary/aromatic N) is 3. The molecular formula is C17H27ClN8O2. The fourth-order valence-electron chi connectivity index (χ4n) is 3.03. The molecule has 0 aliphatic carbocycles. The number of carbonyl (C=O) groups excluding carboxylic acids is 2. The van der Waals surface area contributed by atoms with Crippen molar-refractivity contribution in [3.63, 3.8) is 0 Å². The van der Waals surface area contributed by atoms with E-state index in [1.807, 2.05) is 18.7 Å². The maximum absolute atomic E-state index is 12.5. The number of piperidine rings is 1. The fraction of sp³-hybridized carbons (Fsp3) is 0.529. The summed E-state index contributed by atoms with van der Waals surface area (Å²) in [4.78, 5) is 34.7. The topological polar surface area (TPSA) is 164 Å². The first-order valence-corrected chi connectivity index (χ1v) is 9.29. The number of nitrogens with one attached hydrogen (secondary N) is 2. The molecule has 0 aromatic heterocycles. The van der Waals surface area contributed by atoms with Crippen molar-refractivity contribution in [2.45, 2.75) is 32.2 Å². The highest BCUT2D eigenvalue weighted by atomic mass is 35.5. The highest BCUT2D eigenvalue weighted by molar-refractivity contribution is 6.48. The largest absolute Gasteiger partial charge is 0.397 e. The number of halogens is 1. The molecule has 2 rings (SSSR count). The van der Waals surface area contributed by atoms with E-state index in [9.17, 15) is 9.59 Å². The summed E-state index contributed by atoms with van der Waals surface area (Å²) >= 11 is 5.78. The number of nitrogens with two attached hydrogens (primary N) is 3. The van der Waals surface area contributed by atoms with E-state index in [4.69, 9.17) is 28.8 Å². The fourth-order valence-corrected chi connectivity index (χ4v) is 3.12. The second-order valence-corrected chi connectivity index (χ2v) is 7.59. The summed E-state index contributed by atoms with van der Waals surface area (Å²) in [5.41, 5.74) is 15.7. The molecule has 11 heteroatoms. The molecule has 1 fully saturated rings. The maximum atomic E-state index is 12.5. The van der Waals surface area contributed by atoms with Gasteiger partial charge in [0, 0.05) is 19.0 Å². The van der Waals surface area contributed by atoms with Crippen molar-refractivity contribution < 1.29 is 9.59 Å². The van der Waals surface area contributed by atoms with Gasteiger partial charge in [-0.05, 0) is 12.8 Å². The Balaban J connectivity index is 1.99. The van der Waals surface area contributed by atoms with Gasteiger partial charge in [-0.1, -0.05) is 32.0 Å². The van der Waals surface area contributed by atoms with E-state index < -0.39 is 5.91 Å². The van der Waals surface area contributed by atoms with Crippen molar-refractivity contribution in [2.24, 2.45) is 33.1 Å². The van der Waals surface area contributed by atoms with E-state index in [1.54, 1.807) is 0 Å². The van der Waals surface area contributed by atoms with Crippen LogP contribution in [0.25, 0.3) is 0 Å². The molecule has 2 amide bonds. The number of hydrogen-bond donors (Lipinski definition) is 5. The summed E-state index contributed by atoms with van der Waals surface area (Å²) in [5, 5.41) is 5.62. The molecule has 1 saturated heterocycles. The van der Waals surface area contributed by atoms with Gasteiger partial charge in [0.25, 0.3) is 5.91 Å². The number of likely N-dealkylation sites (tertiary alicyclic amines) is 1. The first-order valence-electron chi connectivity index (χ1n) is 8.91. The van der Waals surface area contributed by atoms with Crippen molar-refractivity contribution in [3.8, 4) is 0 Å². The van der Waals surface area contributed by atoms with E-state index in [0.29, 0.717) is 25.6 Å². The molecule has 0 radical (unpaired) electrons. The summed E-state index contributed by atoms with van der Waals surface area (Å²) < 4.78 is 0. The van der Waals surface area contributed by atoms with Crippen molar-refractivity contribution in [2.75, 3.05) is 19.6 Å². The molecule has 0 unspecified atom stereocenters. The molecule has 0 aromatic carbocycles. The number of amides is 2. The Morgan fingerprint density at radius 1 is 1.32 bits per heavy atom. The van der Waals surface area contributed by atoms with Gasteiger partial charge in [-0.3, -0.25) is 19.9 Å². The summed E-state index contributed by atoms with van der Waals surface area (Å²) in [7, 11) is 0. The molecule has 2 heterocycles. The number of aliphatic imine (C=N–C) groups is 2. The Bertz CT molecular complexity index is 759. The van der Waals surface area contributed by atoms with Crippen molar-refractivity contribution in [1.82, 2.24) is 15.5 Å². The monoisotopic (exact) mass is 410 g/mol. The highest BCUT2D eigenvalue weighted by Crippen LogP contribution is 2.26. The summed E-state index contributed by atoms with van der Waals surface area (Å²) in [6.07, 6.45) is 1.47. The average molecular weight is 411 g/mol. The van der Waals surface area contributed by atoms with E-state index in [-0.39, 0.29) is 39.7 Å². The second kappa shape index (κ2) is 8.51. The average Bonchev–Trinajstić information content (AvgIpc) is 3.00. The van der Waals surface area contributed by atoms with Crippen LogP contribution in [0.1, 0.15) is 26.7 Å². The Labute approximate surface area is 168 Å². The minimum Gasteiger partial charge on any atom is -0.397 e. The zero-order valence-electron chi connectivity index (χ0n) is 16.1. The molecule has 154 valence electrons. The van der Waals surface area contributed by atoms with Crippen LogP contribution in [0.2, 0.25) is 0 Å². The lowest BCUT2D eigenvalue weighted by Crippen LogP contribution is -2.57. The third-order valence-electron chi connectivity index (χ3n) is 4.65. The van der Waals surface area contributed by atoms with Crippen LogP contribution in [0.5, 0.6) is 0 Å². The van der Waals surface area contributed by atoms with E-state index in [1.165, 1.54) is 0 Å². The molecular weight excluding hydrogens is 384 g/mol. The predicted octanol–water partition coefficient (Wildman–Crippen LogP) is -0.725. The van der Waals surface area contributed by atoms with E-state index >= 15 is 0 Å². The predicted molar refractivity (Wildman–Crippen MR) is 109 cm³/mol. The standard InChI is InChI=1S/C17H27ClN8O2/c1-9(2)15(28)26-6-4-17(5-7-26)8-22-16(25-17)24-14(27)11(10(3)19)23-12(18)13(20)21/h9H,3-8,19-21H2,1-2H3,(H2,22,24,25,27). The van der Waals surface area contributed by atoms with E-state index in [0.717, 1.165) is 12.8 Å². The van der Waals surface area contributed by atoms with E-state index in [2.05, 4.69) is 27.2 Å². The molecule has 1 spiro atoms. The Morgan fingerprint density at radius 2 is 1.93 bits per heavy atom. The van der Waals surface area contributed by atoms with Gasteiger partial charge in [0.2, 0.25) is 5.91 Å². The van der Waals surface area contributed by atoms with Crippen LogP contribution in [-0.4, -0.2) is 53.6 Å². The Kier molecular flexibility index (Phi) is 6.55. The van der Waals surface area contributed by atoms with Crippen LogP contribution >= 0.6 is 11.6 Å². The van der Waals surface area contributed by atoms with Gasteiger partial charge >= 0.3 is 0 Å². The molecule has 28 heavy (non-hydrogen) atoms. The lowest BCUT2D eigenvalue weighted by Gasteiger charge is -2.39.